The summed E-state index contributed by atoms with van der Waals surface area (Å²) in [6.45, 7) is 7.64. The van der Waals surface area contributed by atoms with Gasteiger partial charge in [0.1, 0.15) is 5.60 Å². The summed E-state index contributed by atoms with van der Waals surface area (Å²) in [7, 11) is 0. The molecule has 1 aliphatic rings. The fraction of sp³-hybridized carbons (Fsp3) is 0.400. The molecule has 0 spiro atoms. The predicted octanol–water partition coefficient (Wildman–Crippen LogP) is 4.15. The van der Waals surface area contributed by atoms with E-state index >= 15 is 0 Å². The van der Waals surface area contributed by atoms with Crippen LogP contribution in [0.2, 0.25) is 0 Å². The zero-order valence-electron chi connectivity index (χ0n) is 14.7. The first-order valence-corrected chi connectivity index (χ1v) is 8.16. The van der Waals surface area contributed by atoms with E-state index in [9.17, 15) is 9.59 Å². The summed E-state index contributed by atoms with van der Waals surface area (Å²) < 4.78 is 10.5. The Balaban J connectivity index is 2.33. The standard InChI is InChI=1S/C20H24O4/c1-5-23-18(21)12-14-10-15-8-6-7-9-16(15)13-17(11-14)19(22)24-20(2,3)4/h6-10,13H,5,11-12H2,1-4H3. The minimum Gasteiger partial charge on any atom is -0.466 e. The highest BCUT2D eigenvalue weighted by atomic mass is 16.6. The molecule has 4 heteroatoms. The molecule has 1 aromatic carbocycles. The highest BCUT2D eigenvalue weighted by Gasteiger charge is 2.23. The minimum absolute atomic E-state index is 0.169. The highest BCUT2D eigenvalue weighted by Crippen LogP contribution is 2.29. The van der Waals surface area contributed by atoms with Gasteiger partial charge in [0.15, 0.2) is 0 Å². The molecule has 0 bridgehead atoms. The Morgan fingerprint density at radius 3 is 2.29 bits per heavy atom. The van der Waals surface area contributed by atoms with Gasteiger partial charge in [-0.25, -0.2) is 4.79 Å². The molecule has 0 aliphatic heterocycles. The summed E-state index contributed by atoms with van der Waals surface area (Å²) in [5.41, 5.74) is 2.75. The van der Waals surface area contributed by atoms with E-state index in [1.165, 1.54) is 0 Å². The second-order valence-corrected chi connectivity index (χ2v) is 6.76. The molecule has 0 fully saturated rings. The van der Waals surface area contributed by atoms with Crippen LogP contribution in [-0.2, 0) is 19.1 Å². The lowest BCUT2D eigenvalue weighted by molar-refractivity contribution is -0.150. The summed E-state index contributed by atoms with van der Waals surface area (Å²) in [5.74, 6) is -0.638. The Bertz CT molecular complexity index is 690. The number of carbonyl (C=O) groups is 2. The zero-order chi connectivity index (χ0) is 17.7. The van der Waals surface area contributed by atoms with Crippen LogP contribution < -0.4 is 0 Å². The van der Waals surface area contributed by atoms with Crippen molar-refractivity contribution in [1.29, 1.82) is 0 Å². The molecule has 0 amide bonds. The van der Waals surface area contributed by atoms with Gasteiger partial charge in [0.25, 0.3) is 0 Å². The van der Waals surface area contributed by atoms with Crippen molar-refractivity contribution in [3.8, 4) is 0 Å². The first kappa shape index (κ1) is 18.0. The molecular formula is C20H24O4. The van der Waals surface area contributed by atoms with Gasteiger partial charge in [-0.05, 0) is 44.9 Å². The van der Waals surface area contributed by atoms with Crippen molar-refractivity contribution in [2.75, 3.05) is 6.61 Å². The number of rotatable bonds is 4. The smallest absolute Gasteiger partial charge is 0.334 e. The lowest BCUT2D eigenvalue weighted by atomic mass is 10.0. The van der Waals surface area contributed by atoms with Gasteiger partial charge in [0.2, 0.25) is 0 Å². The van der Waals surface area contributed by atoms with E-state index in [0.717, 1.165) is 16.7 Å². The third kappa shape index (κ3) is 5.08. The molecule has 128 valence electrons. The molecule has 0 saturated heterocycles. The quantitative estimate of drug-likeness (QED) is 0.779. The zero-order valence-corrected chi connectivity index (χ0v) is 14.7. The molecule has 0 radical (unpaired) electrons. The number of ether oxygens (including phenoxy) is 2. The first-order valence-electron chi connectivity index (χ1n) is 8.16. The molecule has 0 N–H and O–H groups in total. The average molecular weight is 328 g/mol. The van der Waals surface area contributed by atoms with Crippen molar-refractivity contribution in [2.45, 2.75) is 46.1 Å². The van der Waals surface area contributed by atoms with Crippen molar-refractivity contribution in [3.63, 3.8) is 0 Å². The van der Waals surface area contributed by atoms with Gasteiger partial charge in [-0.3, -0.25) is 4.79 Å². The first-order chi connectivity index (χ1) is 11.3. The van der Waals surface area contributed by atoms with Crippen molar-refractivity contribution in [1.82, 2.24) is 0 Å². The van der Waals surface area contributed by atoms with Crippen LogP contribution in [0.5, 0.6) is 0 Å². The van der Waals surface area contributed by atoms with Gasteiger partial charge in [-0.1, -0.05) is 35.9 Å². The van der Waals surface area contributed by atoms with Gasteiger partial charge in [-0.15, -0.1) is 0 Å². The van der Waals surface area contributed by atoms with E-state index in [2.05, 4.69) is 0 Å². The Labute approximate surface area is 143 Å². The molecule has 0 atom stereocenters. The van der Waals surface area contributed by atoms with Crippen molar-refractivity contribution in [2.24, 2.45) is 0 Å². The molecule has 24 heavy (non-hydrogen) atoms. The summed E-state index contributed by atoms with van der Waals surface area (Å²) in [5, 5.41) is 0. The Morgan fingerprint density at radius 1 is 1.08 bits per heavy atom. The van der Waals surface area contributed by atoms with Crippen LogP contribution in [0.1, 0.15) is 51.7 Å². The highest BCUT2D eigenvalue weighted by molar-refractivity contribution is 5.96. The third-order valence-electron chi connectivity index (χ3n) is 3.44. The molecule has 0 saturated carbocycles. The van der Waals surface area contributed by atoms with Crippen LogP contribution in [0.4, 0.5) is 0 Å². The van der Waals surface area contributed by atoms with Gasteiger partial charge in [0.05, 0.1) is 13.0 Å². The molecule has 2 rings (SSSR count). The van der Waals surface area contributed by atoms with E-state index < -0.39 is 5.60 Å². The molecule has 1 aromatic rings. The molecule has 0 unspecified atom stereocenters. The Morgan fingerprint density at radius 2 is 1.71 bits per heavy atom. The van der Waals surface area contributed by atoms with Gasteiger partial charge in [0, 0.05) is 12.0 Å². The van der Waals surface area contributed by atoms with Crippen LogP contribution in [0.3, 0.4) is 0 Å². The van der Waals surface area contributed by atoms with Crippen molar-refractivity contribution >= 4 is 24.1 Å². The monoisotopic (exact) mass is 328 g/mol. The maximum Gasteiger partial charge on any atom is 0.334 e. The van der Waals surface area contributed by atoms with Crippen LogP contribution in [0.25, 0.3) is 12.2 Å². The molecule has 0 heterocycles. The molecule has 0 aromatic heterocycles. The predicted molar refractivity (Wildman–Crippen MR) is 94.1 cm³/mol. The number of hydrogen-bond acceptors (Lipinski definition) is 4. The number of benzene rings is 1. The van der Waals surface area contributed by atoms with Crippen LogP contribution in [0, 0.1) is 0 Å². The average Bonchev–Trinajstić information content (AvgIpc) is 2.64. The summed E-state index contributed by atoms with van der Waals surface area (Å²) >= 11 is 0. The summed E-state index contributed by atoms with van der Waals surface area (Å²) in [6, 6.07) is 7.77. The minimum atomic E-state index is -0.561. The van der Waals surface area contributed by atoms with E-state index in [1.807, 2.05) is 57.2 Å². The van der Waals surface area contributed by atoms with E-state index in [1.54, 1.807) is 6.92 Å². The number of hydrogen-bond donors (Lipinski definition) is 0. The van der Waals surface area contributed by atoms with E-state index in [0.29, 0.717) is 18.6 Å². The second kappa shape index (κ2) is 7.47. The van der Waals surface area contributed by atoms with E-state index in [-0.39, 0.29) is 18.4 Å². The molecule has 1 aliphatic carbocycles. The second-order valence-electron chi connectivity index (χ2n) is 6.76. The maximum atomic E-state index is 12.5. The summed E-state index contributed by atoms with van der Waals surface area (Å²) in [6.07, 6.45) is 4.35. The summed E-state index contributed by atoms with van der Waals surface area (Å²) in [4.78, 5) is 24.3. The van der Waals surface area contributed by atoms with Gasteiger partial charge in [-0.2, -0.15) is 0 Å². The number of esters is 2. The lowest BCUT2D eigenvalue weighted by Crippen LogP contribution is -2.25. The lowest BCUT2D eigenvalue weighted by Gasteiger charge is -2.20. The SMILES string of the molecule is CCOC(=O)CC1=Cc2ccccc2C=C(C(=O)OC(C)(C)C)C1. The van der Waals surface area contributed by atoms with Crippen LogP contribution in [-0.4, -0.2) is 24.1 Å². The van der Waals surface area contributed by atoms with Gasteiger partial charge >= 0.3 is 11.9 Å². The largest absolute Gasteiger partial charge is 0.466 e. The van der Waals surface area contributed by atoms with Crippen molar-refractivity contribution in [3.05, 3.63) is 46.5 Å². The fourth-order valence-corrected chi connectivity index (χ4v) is 2.51. The number of fused-ring (bicyclic) bond motifs is 1. The number of carbonyl (C=O) groups excluding carboxylic acids is 2. The Hall–Kier alpha value is -2.36. The fourth-order valence-electron chi connectivity index (χ4n) is 2.51. The maximum absolute atomic E-state index is 12.5. The molecular weight excluding hydrogens is 304 g/mol. The van der Waals surface area contributed by atoms with Crippen LogP contribution in [0.15, 0.2) is 35.4 Å². The Kier molecular flexibility index (Phi) is 5.60. The van der Waals surface area contributed by atoms with Crippen molar-refractivity contribution < 1.29 is 19.1 Å². The topological polar surface area (TPSA) is 52.6 Å². The van der Waals surface area contributed by atoms with Gasteiger partial charge < -0.3 is 9.47 Å². The third-order valence-corrected chi connectivity index (χ3v) is 3.44. The van der Waals surface area contributed by atoms with Crippen LogP contribution >= 0.6 is 0 Å². The van der Waals surface area contributed by atoms with E-state index in [4.69, 9.17) is 9.47 Å². The normalized spacial score (nSPS) is 14.0. The molecule has 4 nitrogen and oxygen atoms in total.